The van der Waals surface area contributed by atoms with Crippen molar-refractivity contribution in [3.63, 3.8) is 0 Å². The number of alkyl halides is 3. The van der Waals surface area contributed by atoms with E-state index in [1.807, 2.05) is 0 Å². The zero-order valence-corrected chi connectivity index (χ0v) is 10.7. The number of carbonyl (C=O) groups is 1. The first-order valence-corrected chi connectivity index (χ1v) is 5.75. The van der Waals surface area contributed by atoms with Gasteiger partial charge in [-0.15, -0.1) is 0 Å². The van der Waals surface area contributed by atoms with Crippen LogP contribution in [0.1, 0.15) is 16.1 Å². The molecule has 21 heavy (non-hydrogen) atoms. The Bertz CT molecular complexity index is 666. The number of carbonyl (C=O) groups excluding carboxylic acids is 1. The van der Waals surface area contributed by atoms with Gasteiger partial charge in [-0.25, -0.2) is 14.2 Å². The monoisotopic (exact) mass is 299 g/mol. The van der Waals surface area contributed by atoms with Gasteiger partial charge in [-0.3, -0.25) is 0 Å². The summed E-state index contributed by atoms with van der Waals surface area (Å²) < 4.78 is 55.6. The van der Waals surface area contributed by atoms with Crippen molar-refractivity contribution in [1.82, 2.24) is 4.98 Å². The molecule has 0 aliphatic heterocycles. The van der Waals surface area contributed by atoms with Gasteiger partial charge in [0.05, 0.1) is 12.7 Å². The van der Waals surface area contributed by atoms with Crippen molar-refractivity contribution in [3.05, 3.63) is 53.5 Å². The largest absolute Gasteiger partial charge is 0.464 e. The molecule has 0 radical (unpaired) electrons. The van der Waals surface area contributed by atoms with Crippen LogP contribution in [0.5, 0.6) is 0 Å². The number of esters is 1. The van der Waals surface area contributed by atoms with Gasteiger partial charge in [0.15, 0.2) is 0 Å². The zero-order valence-electron chi connectivity index (χ0n) is 10.7. The minimum atomic E-state index is -4.47. The maximum Gasteiger partial charge on any atom is 0.416 e. The van der Waals surface area contributed by atoms with Crippen LogP contribution in [0.2, 0.25) is 0 Å². The topological polar surface area (TPSA) is 39.2 Å². The molecule has 0 saturated carbocycles. The number of nitrogens with zero attached hydrogens (tertiary/aromatic N) is 1. The van der Waals surface area contributed by atoms with Crippen LogP contribution >= 0.6 is 0 Å². The maximum absolute atomic E-state index is 13.7. The van der Waals surface area contributed by atoms with Crippen LogP contribution in [-0.4, -0.2) is 18.1 Å². The molecular weight excluding hydrogens is 290 g/mol. The highest BCUT2D eigenvalue weighted by Gasteiger charge is 2.30. The summed E-state index contributed by atoms with van der Waals surface area (Å²) in [6.45, 7) is 0. The highest BCUT2D eigenvalue weighted by atomic mass is 19.4. The lowest BCUT2D eigenvalue weighted by Gasteiger charge is -2.08. The van der Waals surface area contributed by atoms with Crippen LogP contribution in [0, 0.1) is 5.82 Å². The molecule has 0 unspecified atom stereocenters. The smallest absolute Gasteiger partial charge is 0.416 e. The van der Waals surface area contributed by atoms with Gasteiger partial charge in [-0.05, 0) is 24.3 Å². The molecule has 7 heteroatoms. The van der Waals surface area contributed by atoms with Crippen LogP contribution in [0.4, 0.5) is 17.6 Å². The van der Waals surface area contributed by atoms with E-state index in [4.69, 9.17) is 0 Å². The van der Waals surface area contributed by atoms with Gasteiger partial charge >= 0.3 is 12.1 Å². The highest BCUT2D eigenvalue weighted by molar-refractivity contribution is 5.87. The fourth-order valence-corrected chi connectivity index (χ4v) is 1.68. The summed E-state index contributed by atoms with van der Waals surface area (Å²) >= 11 is 0. The third-order valence-electron chi connectivity index (χ3n) is 2.73. The third kappa shape index (κ3) is 3.18. The van der Waals surface area contributed by atoms with E-state index in [-0.39, 0.29) is 17.0 Å². The Morgan fingerprint density at radius 3 is 2.24 bits per heavy atom. The van der Waals surface area contributed by atoms with Crippen molar-refractivity contribution < 1.29 is 27.1 Å². The molecule has 1 aromatic heterocycles. The van der Waals surface area contributed by atoms with Gasteiger partial charge in [0.1, 0.15) is 17.2 Å². The molecule has 110 valence electrons. The standard InChI is InChI=1S/C14H9F4NO2/c1-21-13(20)11-7-6-10(15)12(19-11)8-2-4-9(5-3-8)14(16,17)18/h2-7H,1H3. The van der Waals surface area contributed by atoms with Gasteiger partial charge in [0.25, 0.3) is 0 Å². The first kappa shape index (κ1) is 15.0. The number of methoxy groups -OCH3 is 1. The number of halogens is 4. The van der Waals surface area contributed by atoms with Gasteiger partial charge in [0, 0.05) is 5.56 Å². The van der Waals surface area contributed by atoms with E-state index in [2.05, 4.69) is 9.72 Å². The average Bonchev–Trinajstić information content (AvgIpc) is 2.46. The summed E-state index contributed by atoms with van der Waals surface area (Å²) in [4.78, 5) is 15.1. The van der Waals surface area contributed by atoms with Crippen LogP contribution in [0.25, 0.3) is 11.3 Å². The second-order valence-electron chi connectivity index (χ2n) is 4.09. The fraction of sp³-hybridized carbons (Fsp3) is 0.143. The summed E-state index contributed by atoms with van der Waals surface area (Å²) in [6.07, 6.45) is -4.47. The summed E-state index contributed by atoms with van der Waals surface area (Å²) in [5.41, 5.74) is -1.07. The Morgan fingerprint density at radius 2 is 1.71 bits per heavy atom. The molecular formula is C14H9F4NO2. The molecule has 0 atom stereocenters. The summed E-state index contributed by atoms with van der Waals surface area (Å²) in [6, 6.07) is 5.97. The normalized spacial score (nSPS) is 11.3. The van der Waals surface area contributed by atoms with Gasteiger partial charge in [-0.1, -0.05) is 12.1 Å². The molecule has 0 aliphatic carbocycles. The fourth-order valence-electron chi connectivity index (χ4n) is 1.68. The van der Waals surface area contributed by atoms with E-state index in [9.17, 15) is 22.4 Å². The van der Waals surface area contributed by atoms with E-state index in [0.717, 1.165) is 43.5 Å². The third-order valence-corrected chi connectivity index (χ3v) is 2.73. The van der Waals surface area contributed by atoms with E-state index in [1.165, 1.54) is 0 Å². The van der Waals surface area contributed by atoms with Crippen LogP contribution in [-0.2, 0) is 10.9 Å². The number of rotatable bonds is 2. The Labute approximate surface area is 117 Å². The molecule has 0 aliphatic rings. The quantitative estimate of drug-likeness (QED) is 0.627. The minimum absolute atomic E-state index is 0.131. The number of hydrogen-bond donors (Lipinski definition) is 0. The molecule has 0 saturated heterocycles. The van der Waals surface area contributed by atoms with E-state index < -0.39 is 23.5 Å². The highest BCUT2D eigenvalue weighted by Crippen LogP contribution is 2.31. The second-order valence-corrected chi connectivity index (χ2v) is 4.09. The SMILES string of the molecule is COC(=O)c1ccc(F)c(-c2ccc(C(F)(F)F)cc2)n1. The Hall–Kier alpha value is -2.44. The number of benzene rings is 1. The molecule has 0 bridgehead atoms. The predicted molar refractivity (Wildman–Crippen MR) is 66.0 cm³/mol. The Balaban J connectivity index is 2.44. The van der Waals surface area contributed by atoms with Crippen LogP contribution < -0.4 is 0 Å². The van der Waals surface area contributed by atoms with E-state index >= 15 is 0 Å². The molecule has 0 amide bonds. The number of aromatic nitrogens is 1. The van der Waals surface area contributed by atoms with Gasteiger partial charge in [0.2, 0.25) is 0 Å². The number of ether oxygens (including phenoxy) is 1. The minimum Gasteiger partial charge on any atom is -0.464 e. The molecule has 3 nitrogen and oxygen atoms in total. The van der Waals surface area contributed by atoms with Crippen molar-refractivity contribution in [2.24, 2.45) is 0 Å². The summed E-state index contributed by atoms with van der Waals surface area (Å²) in [5.74, 6) is -1.51. The predicted octanol–water partition coefficient (Wildman–Crippen LogP) is 3.69. The summed E-state index contributed by atoms with van der Waals surface area (Å²) in [7, 11) is 1.14. The summed E-state index contributed by atoms with van der Waals surface area (Å²) in [5, 5.41) is 0. The van der Waals surface area contributed by atoms with E-state index in [0.29, 0.717) is 0 Å². The average molecular weight is 299 g/mol. The molecule has 0 fully saturated rings. The first-order chi connectivity index (χ1) is 9.82. The van der Waals surface area contributed by atoms with Gasteiger partial charge < -0.3 is 4.74 Å². The molecule has 2 aromatic rings. The van der Waals surface area contributed by atoms with Crippen molar-refractivity contribution in [3.8, 4) is 11.3 Å². The van der Waals surface area contributed by atoms with Gasteiger partial charge in [-0.2, -0.15) is 13.2 Å². The molecule has 2 rings (SSSR count). The van der Waals surface area contributed by atoms with Crippen LogP contribution in [0.15, 0.2) is 36.4 Å². The molecule has 0 spiro atoms. The lowest BCUT2D eigenvalue weighted by atomic mass is 10.1. The Morgan fingerprint density at radius 1 is 1.10 bits per heavy atom. The lowest BCUT2D eigenvalue weighted by Crippen LogP contribution is -2.06. The van der Waals surface area contributed by atoms with Crippen LogP contribution in [0.3, 0.4) is 0 Å². The second kappa shape index (κ2) is 5.51. The van der Waals surface area contributed by atoms with Crippen molar-refractivity contribution in [2.75, 3.05) is 7.11 Å². The number of hydrogen-bond acceptors (Lipinski definition) is 3. The first-order valence-electron chi connectivity index (χ1n) is 5.75. The lowest BCUT2D eigenvalue weighted by molar-refractivity contribution is -0.137. The van der Waals surface area contributed by atoms with Crippen molar-refractivity contribution in [1.29, 1.82) is 0 Å². The van der Waals surface area contributed by atoms with Crippen molar-refractivity contribution in [2.45, 2.75) is 6.18 Å². The number of pyridine rings is 1. The molecule has 0 N–H and O–H groups in total. The van der Waals surface area contributed by atoms with Crippen molar-refractivity contribution >= 4 is 5.97 Å². The Kier molecular flexibility index (Phi) is 3.93. The molecule has 1 heterocycles. The molecule has 1 aromatic carbocycles. The zero-order chi connectivity index (χ0) is 15.6. The maximum atomic E-state index is 13.7. The van der Waals surface area contributed by atoms with E-state index in [1.54, 1.807) is 0 Å².